The van der Waals surface area contributed by atoms with Crippen LogP contribution in [-0.4, -0.2) is 61.2 Å². The van der Waals surface area contributed by atoms with Crippen molar-refractivity contribution in [2.24, 2.45) is 0 Å². The third kappa shape index (κ3) is 4.54. The van der Waals surface area contributed by atoms with Crippen LogP contribution in [0.1, 0.15) is 5.56 Å². The molecule has 1 aromatic heterocycles. The topological polar surface area (TPSA) is 28.6 Å². The van der Waals surface area contributed by atoms with Gasteiger partial charge in [-0.2, -0.15) is 0 Å². The van der Waals surface area contributed by atoms with E-state index >= 15 is 0 Å². The predicted molar refractivity (Wildman–Crippen MR) is 98.3 cm³/mol. The van der Waals surface area contributed by atoms with Gasteiger partial charge in [0.1, 0.15) is 5.15 Å². The Balaban J connectivity index is 1.63. The molecule has 0 spiro atoms. The molecule has 0 N–H and O–H groups in total. The highest BCUT2D eigenvalue weighted by Gasteiger charge is 2.18. The van der Waals surface area contributed by atoms with Crippen molar-refractivity contribution in [1.82, 2.24) is 14.8 Å². The maximum absolute atomic E-state index is 6.34. The van der Waals surface area contributed by atoms with Crippen LogP contribution in [0, 0.1) is 0 Å². The first-order valence-corrected chi connectivity index (χ1v) is 8.77. The second-order valence-electron chi connectivity index (χ2n) is 6.15. The van der Waals surface area contributed by atoms with E-state index in [1.807, 2.05) is 24.4 Å². The molecule has 2 aromatic rings. The summed E-state index contributed by atoms with van der Waals surface area (Å²) in [7, 11) is 1.75. The lowest BCUT2D eigenvalue weighted by Crippen LogP contribution is -2.46. The number of ether oxygens (including phenoxy) is 1. The number of nitrogens with zero attached hydrogens (tertiary/aromatic N) is 3. The number of pyridine rings is 1. The summed E-state index contributed by atoms with van der Waals surface area (Å²) in [5.41, 5.74) is 3.39. The van der Waals surface area contributed by atoms with Gasteiger partial charge in [-0.15, -0.1) is 0 Å². The van der Waals surface area contributed by atoms with Crippen molar-refractivity contribution in [2.75, 3.05) is 46.4 Å². The molecule has 4 nitrogen and oxygen atoms in total. The molecule has 0 radical (unpaired) electrons. The second kappa shape index (κ2) is 8.58. The number of rotatable bonds is 6. The molecule has 0 amide bonds. The Kier molecular flexibility index (Phi) is 6.21. The molecule has 5 heteroatoms. The predicted octanol–water partition coefficient (Wildman–Crippen LogP) is 3.17. The first-order valence-electron chi connectivity index (χ1n) is 8.40. The van der Waals surface area contributed by atoms with Crippen molar-refractivity contribution in [3.8, 4) is 11.1 Å². The average molecular weight is 346 g/mol. The van der Waals surface area contributed by atoms with Gasteiger partial charge in [-0.05, 0) is 11.6 Å². The molecule has 1 aliphatic rings. The van der Waals surface area contributed by atoms with Crippen molar-refractivity contribution in [3.63, 3.8) is 0 Å². The number of aromatic nitrogens is 1. The van der Waals surface area contributed by atoms with Gasteiger partial charge in [0.05, 0.1) is 6.61 Å². The van der Waals surface area contributed by atoms with Gasteiger partial charge >= 0.3 is 0 Å². The lowest BCUT2D eigenvalue weighted by molar-refractivity contribution is 0.0938. The number of methoxy groups -OCH3 is 1. The molecule has 1 aliphatic heterocycles. The van der Waals surface area contributed by atoms with Gasteiger partial charge in [0.15, 0.2) is 0 Å². The van der Waals surface area contributed by atoms with Gasteiger partial charge in [-0.1, -0.05) is 41.9 Å². The van der Waals surface area contributed by atoms with E-state index in [9.17, 15) is 0 Å². The lowest BCUT2D eigenvalue weighted by Gasteiger charge is -2.34. The molecular weight excluding hydrogens is 322 g/mol. The van der Waals surface area contributed by atoms with E-state index in [4.69, 9.17) is 16.3 Å². The zero-order chi connectivity index (χ0) is 16.8. The van der Waals surface area contributed by atoms with Gasteiger partial charge in [0.2, 0.25) is 0 Å². The zero-order valence-corrected chi connectivity index (χ0v) is 14.9. The summed E-state index contributed by atoms with van der Waals surface area (Å²) in [6.45, 7) is 6.92. The zero-order valence-electron chi connectivity index (χ0n) is 14.1. The normalized spacial score (nSPS) is 16.4. The van der Waals surface area contributed by atoms with Crippen molar-refractivity contribution in [3.05, 3.63) is 53.3 Å². The molecule has 3 rings (SSSR count). The number of halogens is 1. The minimum Gasteiger partial charge on any atom is -0.383 e. The van der Waals surface area contributed by atoms with E-state index in [0.29, 0.717) is 5.15 Å². The minimum absolute atomic E-state index is 0.608. The Morgan fingerprint density at radius 2 is 1.75 bits per heavy atom. The van der Waals surface area contributed by atoms with Crippen molar-refractivity contribution in [1.29, 1.82) is 0 Å². The minimum atomic E-state index is 0.608. The second-order valence-corrected chi connectivity index (χ2v) is 6.51. The molecular formula is C19H24ClN3O. The summed E-state index contributed by atoms with van der Waals surface area (Å²) in [6, 6.07) is 12.5. The molecule has 128 valence electrons. The Morgan fingerprint density at radius 3 is 2.46 bits per heavy atom. The Morgan fingerprint density at radius 1 is 1.04 bits per heavy atom. The van der Waals surface area contributed by atoms with Crippen LogP contribution < -0.4 is 0 Å². The molecule has 0 unspecified atom stereocenters. The molecule has 0 aliphatic carbocycles. The summed E-state index contributed by atoms with van der Waals surface area (Å²) in [5, 5.41) is 0.608. The third-order valence-electron chi connectivity index (χ3n) is 4.49. The SMILES string of the molecule is COCCN1CCN(Cc2cc(-c3ccccc3)cnc2Cl)CC1. The maximum Gasteiger partial charge on any atom is 0.133 e. The van der Waals surface area contributed by atoms with Gasteiger partial charge in [0, 0.05) is 63.7 Å². The van der Waals surface area contributed by atoms with Crippen molar-refractivity contribution < 1.29 is 4.74 Å². The number of benzene rings is 1. The molecule has 0 atom stereocenters. The largest absolute Gasteiger partial charge is 0.383 e. The molecule has 0 saturated carbocycles. The van der Waals surface area contributed by atoms with E-state index in [1.54, 1.807) is 7.11 Å². The van der Waals surface area contributed by atoms with Crippen LogP contribution in [0.4, 0.5) is 0 Å². The highest BCUT2D eigenvalue weighted by atomic mass is 35.5. The van der Waals surface area contributed by atoms with E-state index in [1.165, 1.54) is 5.56 Å². The summed E-state index contributed by atoms with van der Waals surface area (Å²) in [5.74, 6) is 0. The van der Waals surface area contributed by atoms with E-state index in [-0.39, 0.29) is 0 Å². The smallest absolute Gasteiger partial charge is 0.133 e. The third-order valence-corrected chi connectivity index (χ3v) is 4.83. The van der Waals surface area contributed by atoms with E-state index in [2.05, 4.69) is 33.0 Å². The molecule has 24 heavy (non-hydrogen) atoms. The first-order chi connectivity index (χ1) is 11.8. The summed E-state index contributed by atoms with van der Waals surface area (Å²) in [4.78, 5) is 9.28. The summed E-state index contributed by atoms with van der Waals surface area (Å²) >= 11 is 6.34. The van der Waals surface area contributed by atoms with Gasteiger partial charge in [-0.25, -0.2) is 4.98 Å². The summed E-state index contributed by atoms with van der Waals surface area (Å²) < 4.78 is 5.16. The van der Waals surface area contributed by atoms with Crippen molar-refractivity contribution >= 4 is 11.6 Å². The van der Waals surface area contributed by atoms with Crippen LogP contribution >= 0.6 is 11.6 Å². The van der Waals surface area contributed by atoms with Crippen LogP contribution in [-0.2, 0) is 11.3 Å². The fourth-order valence-electron chi connectivity index (χ4n) is 3.03. The van der Waals surface area contributed by atoms with Crippen LogP contribution in [0.2, 0.25) is 5.15 Å². The first kappa shape index (κ1) is 17.4. The van der Waals surface area contributed by atoms with Crippen molar-refractivity contribution in [2.45, 2.75) is 6.54 Å². The Hall–Kier alpha value is -1.46. The molecule has 0 bridgehead atoms. The highest BCUT2D eigenvalue weighted by molar-refractivity contribution is 6.30. The number of hydrogen-bond donors (Lipinski definition) is 0. The van der Waals surface area contributed by atoms with Crippen LogP contribution in [0.15, 0.2) is 42.6 Å². The van der Waals surface area contributed by atoms with Gasteiger partial charge < -0.3 is 4.74 Å². The number of hydrogen-bond acceptors (Lipinski definition) is 4. The van der Waals surface area contributed by atoms with Gasteiger partial charge in [-0.3, -0.25) is 9.80 Å². The quantitative estimate of drug-likeness (QED) is 0.752. The highest BCUT2D eigenvalue weighted by Crippen LogP contribution is 2.24. The van der Waals surface area contributed by atoms with E-state index < -0.39 is 0 Å². The lowest BCUT2D eigenvalue weighted by atomic mass is 10.1. The standard InChI is InChI=1S/C19H24ClN3O/c1-24-12-11-22-7-9-23(10-8-22)15-18-13-17(14-21-19(18)20)16-5-3-2-4-6-16/h2-6,13-14H,7-12,15H2,1H3. The Bertz CT molecular complexity index is 642. The molecule has 1 saturated heterocycles. The van der Waals surface area contributed by atoms with Crippen LogP contribution in [0.5, 0.6) is 0 Å². The fraction of sp³-hybridized carbons (Fsp3) is 0.421. The van der Waals surface area contributed by atoms with E-state index in [0.717, 1.165) is 57.0 Å². The number of piperazine rings is 1. The van der Waals surface area contributed by atoms with Crippen LogP contribution in [0.3, 0.4) is 0 Å². The fourth-order valence-corrected chi connectivity index (χ4v) is 3.19. The summed E-state index contributed by atoms with van der Waals surface area (Å²) in [6.07, 6.45) is 1.85. The maximum atomic E-state index is 6.34. The monoisotopic (exact) mass is 345 g/mol. The Labute approximate surface area is 149 Å². The average Bonchev–Trinajstić information content (AvgIpc) is 2.64. The molecule has 2 heterocycles. The molecule has 1 fully saturated rings. The van der Waals surface area contributed by atoms with Crippen LogP contribution in [0.25, 0.3) is 11.1 Å². The van der Waals surface area contributed by atoms with Gasteiger partial charge in [0.25, 0.3) is 0 Å². The molecule has 1 aromatic carbocycles.